The van der Waals surface area contributed by atoms with Crippen LogP contribution in [0, 0.1) is 0 Å². The Morgan fingerprint density at radius 2 is 2.14 bits per heavy atom. The van der Waals surface area contributed by atoms with E-state index in [1.54, 1.807) is 22.5 Å². The molecule has 0 N–H and O–H groups in total. The highest BCUT2D eigenvalue weighted by atomic mass is 35.5. The number of carbonyl (C=O) groups is 1. The van der Waals surface area contributed by atoms with Crippen molar-refractivity contribution in [1.29, 1.82) is 0 Å². The molecule has 3 aliphatic rings. The normalized spacial score (nSPS) is 22.5. The number of allylic oxidation sites excluding steroid dienone is 3. The molecule has 1 amide bonds. The highest BCUT2D eigenvalue weighted by Crippen LogP contribution is 2.36. The second-order valence-corrected chi connectivity index (χ2v) is 11.9. The van der Waals surface area contributed by atoms with Crippen molar-refractivity contribution in [1.82, 2.24) is 14.9 Å². The number of alkyl halides is 1. The molecular formula is C24H26ClN5O3S2. The van der Waals surface area contributed by atoms with Crippen LogP contribution in [0.4, 0.5) is 10.9 Å². The van der Waals surface area contributed by atoms with Gasteiger partial charge in [0, 0.05) is 36.6 Å². The molecule has 35 heavy (non-hydrogen) atoms. The van der Waals surface area contributed by atoms with Crippen molar-refractivity contribution >= 4 is 49.8 Å². The maximum Gasteiger partial charge on any atom is 0.267 e. The number of sulfonamides is 1. The number of hydrogen-bond donors (Lipinski definition) is 0. The summed E-state index contributed by atoms with van der Waals surface area (Å²) in [6.45, 7) is 5.12. The Labute approximate surface area is 214 Å². The summed E-state index contributed by atoms with van der Waals surface area (Å²) >= 11 is 7.54. The fourth-order valence-corrected chi connectivity index (χ4v) is 7.36. The van der Waals surface area contributed by atoms with Crippen molar-refractivity contribution in [2.24, 2.45) is 0 Å². The molecule has 4 heterocycles. The van der Waals surface area contributed by atoms with E-state index in [1.165, 1.54) is 39.6 Å². The maximum atomic E-state index is 13.4. The van der Waals surface area contributed by atoms with Gasteiger partial charge in [0.15, 0.2) is 5.13 Å². The Kier molecular flexibility index (Phi) is 6.69. The Morgan fingerprint density at radius 3 is 2.86 bits per heavy atom. The molecular weight excluding hydrogens is 506 g/mol. The first-order valence-corrected chi connectivity index (χ1v) is 14.3. The van der Waals surface area contributed by atoms with Crippen LogP contribution in [-0.4, -0.2) is 60.2 Å². The fourth-order valence-electron chi connectivity index (χ4n) is 4.89. The van der Waals surface area contributed by atoms with Gasteiger partial charge in [-0.15, -0.1) is 29.5 Å². The van der Waals surface area contributed by atoms with Gasteiger partial charge in [-0.25, -0.2) is 22.7 Å². The third kappa shape index (κ3) is 4.50. The largest absolute Gasteiger partial charge is 0.359 e. The maximum absolute atomic E-state index is 13.4. The first-order chi connectivity index (χ1) is 16.9. The van der Waals surface area contributed by atoms with Crippen LogP contribution in [0.5, 0.6) is 0 Å². The molecule has 0 radical (unpaired) electrons. The van der Waals surface area contributed by atoms with Gasteiger partial charge in [-0.1, -0.05) is 12.2 Å². The predicted octanol–water partition coefficient (Wildman–Crippen LogP) is 3.94. The lowest BCUT2D eigenvalue weighted by Crippen LogP contribution is -2.44. The zero-order chi connectivity index (χ0) is 24.6. The zero-order valence-corrected chi connectivity index (χ0v) is 21.5. The van der Waals surface area contributed by atoms with Crippen LogP contribution in [0.25, 0.3) is 0 Å². The topological polar surface area (TPSA) is 86.7 Å². The van der Waals surface area contributed by atoms with Crippen LogP contribution in [0.2, 0.25) is 0 Å². The van der Waals surface area contributed by atoms with Crippen LogP contribution < -0.4 is 9.21 Å². The number of halogens is 1. The summed E-state index contributed by atoms with van der Waals surface area (Å²) < 4.78 is 27.7. The van der Waals surface area contributed by atoms with Crippen LogP contribution in [0.15, 0.2) is 70.9 Å². The SMILES string of the molecule is C=CCN(c1nccs1)S(=O)(=O)c1ccc(N2CC[C@H](N3CCCC4=C3C=CC(Cl)C4)C2=O)nc1. The lowest BCUT2D eigenvalue weighted by Gasteiger charge is -2.38. The standard InChI is InChI=1S/C24H26ClN5O3S2/c1-2-11-30(24-26-10-14-34-24)35(32,33)19-6-8-22(27-16-19)29-13-9-21(23(29)31)28-12-3-4-17-15-18(25)5-7-20(17)28/h2,5-8,10,14,16,18,21H,1,3-4,9,11-13,15H2/t18?,21-/m0/s1. The van der Waals surface area contributed by atoms with Crippen molar-refractivity contribution in [3.05, 3.63) is 66.0 Å². The highest BCUT2D eigenvalue weighted by molar-refractivity contribution is 7.93. The van der Waals surface area contributed by atoms with E-state index < -0.39 is 10.0 Å². The Balaban J connectivity index is 1.35. The number of pyridine rings is 1. The summed E-state index contributed by atoms with van der Waals surface area (Å²) in [7, 11) is -3.87. The van der Waals surface area contributed by atoms with Crippen molar-refractivity contribution in [3.8, 4) is 0 Å². The number of hydrogen-bond acceptors (Lipinski definition) is 7. The quantitative estimate of drug-likeness (QED) is 0.397. The van der Waals surface area contributed by atoms with Gasteiger partial charge in [-0.2, -0.15) is 0 Å². The van der Waals surface area contributed by atoms with Crippen LogP contribution >= 0.6 is 22.9 Å². The lowest BCUT2D eigenvalue weighted by molar-refractivity contribution is -0.121. The van der Waals surface area contributed by atoms with Gasteiger partial charge in [0.2, 0.25) is 0 Å². The van der Waals surface area contributed by atoms with E-state index >= 15 is 0 Å². The molecule has 184 valence electrons. The first kappa shape index (κ1) is 24.0. The molecule has 0 saturated carbocycles. The molecule has 2 aromatic rings. The summed E-state index contributed by atoms with van der Waals surface area (Å²) in [6.07, 6.45) is 12.0. The summed E-state index contributed by atoms with van der Waals surface area (Å²) in [5.41, 5.74) is 2.45. The van der Waals surface area contributed by atoms with Gasteiger partial charge in [0.05, 0.1) is 11.9 Å². The predicted molar refractivity (Wildman–Crippen MR) is 138 cm³/mol. The molecule has 5 rings (SSSR count). The van der Waals surface area contributed by atoms with E-state index in [-0.39, 0.29) is 28.8 Å². The second-order valence-electron chi connectivity index (χ2n) is 8.65. The van der Waals surface area contributed by atoms with Gasteiger partial charge in [-0.3, -0.25) is 9.69 Å². The molecule has 1 unspecified atom stereocenters. The fraction of sp³-hybridized carbons (Fsp3) is 0.375. The second kappa shape index (κ2) is 9.75. The smallest absolute Gasteiger partial charge is 0.267 e. The number of aromatic nitrogens is 2. The molecule has 11 heteroatoms. The van der Waals surface area contributed by atoms with Crippen LogP contribution in [0.1, 0.15) is 25.7 Å². The number of amides is 1. The minimum Gasteiger partial charge on any atom is -0.359 e. The minimum absolute atomic E-state index is 0.0145. The van der Waals surface area contributed by atoms with Gasteiger partial charge >= 0.3 is 0 Å². The van der Waals surface area contributed by atoms with E-state index in [0.29, 0.717) is 23.9 Å². The molecule has 0 aromatic carbocycles. The monoisotopic (exact) mass is 531 g/mol. The number of rotatable bonds is 7. The number of carbonyl (C=O) groups excluding carboxylic acids is 1. The summed E-state index contributed by atoms with van der Waals surface area (Å²) in [5.74, 6) is 0.437. The van der Waals surface area contributed by atoms with Crippen LogP contribution in [-0.2, 0) is 14.8 Å². The van der Waals surface area contributed by atoms with Crippen LogP contribution in [0.3, 0.4) is 0 Å². The molecule has 2 aromatic heterocycles. The number of anilines is 2. The van der Waals surface area contributed by atoms with E-state index in [1.807, 2.05) is 6.08 Å². The zero-order valence-electron chi connectivity index (χ0n) is 19.1. The van der Waals surface area contributed by atoms with Gasteiger partial charge in [-0.05, 0) is 49.5 Å². The molecule has 8 nitrogen and oxygen atoms in total. The molecule has 2 atom stereocenters. The minimum atomic E-state index is -3.87. The van der Waals surface area contributed by atoms with E-state index in [4.69, 9.17) is 11.6 Å². The van der Waals surface area contributed by atoms with E-state index in [2.05, 4.69) is 27.5 Å². The Morgan fingerprint density at radius 1 is 1.29 bits per heavy atom. The van der Waals surface area contributed by atoms with E-state index in [9.17, 15) is 13.2 Å². The van der Waals surface area contributed by atoms with Gasteiger partial charge < -0.3 is 4.90 Å². The third-order valence-electron chi connectivity index (χ3n) is 6.52. The molecule has 1 fully saturated rings. The average molecular weight is 532 g/mol. The van der Waals surface area contributed by atoms with Crippen molar-refractivity contribution in [2.45, 2.75) is 42.0 Å². The third-order valence-corrected chi connectivity index (χ3v) is 9.47. The number of thiazole rings is 1. The molecule has 1 aliphatic carbocycles. The average Bonchev–Trinajstić information content (AvgIpc) is 3.52. The molecule has 0 spiro atoms. The summed E-state index contributed by atoms with van der Waals surface area (Å²) in [5, 5.41) is 2.09. The van der Waals surface area contributed by atoms with Crippen molar-refractivity contribution in [3.63, 3.8) is 0 Å². The highest BCUT2D eigenvalue weighted by Gasteiger charge is 2.40. The summed E-state index contributed by atoms with van der Waals surface area (Å²) in [6, 6.07) is 2.84. The van der Waals surface area contributed by atoms with Gasteiger partial charge in [0.25, 0.3) is 15.9 Å². The Hall–Kier alpha value is -2.69. The molecule has 0 bridgehead atoms. The van der Waals surface area contributed by atoms with Crippen molar-refractivity contribution < 1.29 is 13.2 Å². The molecule has 1 saturated heterocycles. The van der Waals surface area contributed by atoms with Crippen molar-refractivity contribution in [2.75, 3.05) is 28.8 Å². The van der Waals surface area contributed by atoms with Gasteiger partial charge in [0.1, 0.15) is 16.8 Å². The molecule has 2 aliphatic heterocycles. The Bertz CT molecular complexity index is 1270. The number of nitrogens with zero attached hydrogens (tertiary/aromatic N) is 5. The lowest BCUT2D eigenvalue weighted by atomic mass is 9.92. The first-order valence-electron chi connectivity index (χ1n) is 11.5. The summed E-state index contributed by atoms with van der Waals surface area (Å²) in [4.78, 5) is 25.8. The van der Waals surface area contributed by atoms with E-state index in [0.717, 1.165) is 31.5 Å².